The molecule has 7 heterocycles. The van der Waals surface area contributed by atoms with Crippen molar-refractivity contribution in [3.05, 3.63) is 0 Å². The molecule has 7 aliphatic rings. The molecule has 0 aliphatic carbocycles. The number of hydrogen-bond acceptors (Lipinski definition) is 14. The van der Waals surface area contributed by atoms with Crippen molar-refractivity contribution in [2.45, 2.75) is 152 Å². The average molecular weight is 603 g/mol. The summed E-state index contributed by atoms with van der Waals surface area (Å²) in [6.07, 6.45) is -8.39. The summed E-state index contributed by atoms with van der Waals surface area (Å²) in [5, 5.41) is 10.7. The molecule has 238 valence electrons. The first-order chi connectivity index (χ1) is 19.8. The fourth-order valence-electron chi connectivity index (χ4n) is 6.94. The molecule has 7 rings (SSSR count). The molecule has 0 radical (unpaired) electrons. The van der Waals surface area contributed by atoms with Crippen molar-refractivity contribution in [2.24, 2.45) is 0 Å². The van der Waals surface area contributed by atoms with Gasteiger partial charge in [0.1, 0.15) is 54.6 Å². The van der Waals surface area contributed by atoms with Gasteiger partial charge in [0.25, 0.3) is 0 Å². The molecule has 42 heavy (non-hydrogen) atoms. The number of carbonyl (C=O) groups excluding carboxylic acids is 1. The Morgan fingerprint density at radius 1 is 0.524 bits per heavy atom. The minimum atomic E-state index is -1.05. The maximum Gasteiger partial charge on any atom is 0.190 e. The Kier molecular flexibility index (Phi) is 7.54. The second kappa shape index (κ2) is 10.6. The Hall–Kier alpha value is -0.850. The molecule has 14 heteroatoms. The third-order valence-electron chi connectivity index (χ3n) is 8.54. The molecule has 0 aromatic rings. The minimum absolute atomic E-state index is 0.00396. The zero-order valence-corrected chi connectivity index (χ0v) is 24.8. The lowest BCUT2D eigenvalue weighted by molar-refractivity contribution is -0.242. The van der Waals surface area contributed by atoms with E-state index in [-0.39, 0.29) is 38.4 Å². The highest BCUT2D eigenvalue weighted by molar-refractivity contribution is 5.79. The van der Waals surface area contributed by atoms with Crippen LogP contribution < -0.4 is 0 Å². The van der Waals surface area contributed by atoms with Crippen molar-refractivity contribution in [1.82, 2.24) is 0 Å². The van der Waals surface area contributed by atoms with Crippen LogP contribution in [0.5, 0.6) is 0 Å². The van der Waals surface area contributed by atoms with Gasteiger partial charge in [0.2, 0.25) is 0 Å². The van der Waals surface area contributed by atoms with Gasteiger partial charge in [0.05, 0.1) is 32.0 Å². The van der Waals surface area contributed by atoms with E-state index in [1.807, 2.05) is 13.8 Å². The van der Waals surface area contributed by atoms with E-state index in [0.29, 0.717) is 0 Å². The first-order valence-corrected chi connectivity index (χ1v) is 14.8. The summed E-state index contributed by atoms with van der Waals surface area (Å²) in [5.74, 6) is -2.78. The van der Waals surface area contributed by atoms with Gasteiger partial charge in [-0.05, 0) is 41.5 Å². The molecule has 0 aromatic carbocycles. The smallest absolute Gasteiger partial charge is 0.190 e. The van der Waals surface area contributed by atoms with E-state index in [1.165, 1.54) is 0 Å². The third-order valence-corrected chi connectivity index (χ3v) is 8.54. The standard InChI is InChI=1S/C28H42O14/c1-26(2)37-20-17-14(34-23(20)40-26)8-12(29)7-13(30)9-31-18-15(35-24-21(18)38-27(3,4)41-24)11-33-19-16(10-32-17)36-25-22(19)39-28(5,6)42-25/h13-25,30H,7-11H2,1-6H3/t13?,14-,15-,16-,17+,18+,19+,20-,21-,22-,23-,24-,25-/m1/s1. The summed E-state index contributed by atoms with van der Waals surface area (Å²) in [7, 11) is 0. The molecule has 0 amide bonds. The number of fused-ring (bicyclic) bond motifs is 9. The van der Waals surface area contributed by atoms with Gasteiger partial charge in [0.15, 0.2) is 36.2 Å². The van der Waals surface area contributed by atoms with Crippen LogP contribution in [0.15, 0.2) is 0 Å². The molecule has 13 atom stereocenters. The number of rotatable bonds is 0. The Morgan fingerprint density at radius 2 is 0.905 bits per heavy atom. The molecule has 14 nitrogen and oxygen atoms in total. The highest BCUT2D eigenvalue weighted by Crippen LogP contribution is 2.43. The Balaban J connectivity index is 1.13. The quantitative estimate of drug-likeness (QED) is 0.410. The number of ether oxygens (including phenoxy) is 12. The van der Waals surface area contributed by atoms with Crippen LogP contribution in [0.1, 0.15) is 54.4 Å². The van der Waals surface area contributed by atoms with Crippen molar-refractivity contribution in [3.8, 4) is 0 Å². The number of Topliss-reactive ketones (excluding diaryl/α,β-unsaturated/α-hetero) is 1. The van der Waals surface area contributed by atoms with E-state index < -0.39 is 97.3 Å². The maximum atomic E-state index is 13.1. The summed E-state index contributed by atoms with van der Waals surface area (Å²) in [6.45, 7) is 10.9. The van der Waals surface area contributed by atoms with Crippen molar-refractivity contribution in [3.63, 3.8) is 0 Å². The van der Waals surface area contributed by atoms with Crippen molar-refractivity contribution in [1.29, 1.82) is 0 Å². The molecular weight excluding hydrogens is 560 g/mol. The van der Waals surface area contributed by atoms with Gasteiger partial charge in [-0.15, -0.1) is 0 Å². The first-order valence-electron chi connectivity index (χ1n) is 14.8. The van der Waals surface area contributed by atoms with Crippen LogP contribution in [0.25, 0.3) is 0 Å². The Labute approximate surface area is 244 Å². The lowest BCUT2D eigenvalue weighted by atomic mass is 10.0. The Morgan fingerprint density at radius 3 is 1.36 bits per heavy atom. The van der Waals surface area contributed by atoms with Crippen LogP contribution in [0, 0.1) is 0 Å². The summed E-state index contributed by atoms with van der Waals surface area (Å²) in [4.78, 5) is 13.1. The van der Waals surface area contributed by atoms with Crippen molar-refractivity contribution in [2.75, 3.05) is 19.8 Å². The van der Waals surface area contributed by atoms with E-state index >= 15 is 0 Å². The number of carbonyl (C=O) groups is 1. The number of aliphatic hydroxyl groups is 1. The monoisotopic (exact) mass is 602 g/mol. The predicted octanol–water partition coefficient (Wildman–Crippen LogP) is 0.495. The molecule has 7 fully saturated rings. The van der Waals surface area contributed by atoms with E-state index in [4.69, 9.17) is 56.8 Å². The van der Waals surface area contributed by atoms with Crippen LogP contribution in [0.2, 0.25) is 0 Å². The van der Waals surface area contributed by atoms with Gasteiger partial charge in [0, 0.05) is 12.8 Å². The fraction of sp³-hybridized carbons (Fsp3) is 0.964. The first kappa shape index (κ1) is 29.8. The van der Waals surface area contributed by atoms with Gasteiger partial charge >= 0.3 is 0 Å². The molecule has 7 aliphatic heterocycles. The second-order valence-electron chi connectivity index (χ2n) is 13.4. The number of aliphatic hydroxyl groups excluding tert-OH is 1. The fourth-order valence-corrected chi connectivity index (χ4v) is 6.94. The molecule has 0 saturated carbocycles. The van der Waals surface area contributed by atoms with Gasteiger partial charge in [-0.2, -0.15) is 0 Å². The van der Waals surface area contributed by atoms with E-state index in [2.05, 4.69) is 0 Å². The molecule has 0 bridgehead atoms. The van der Waals surface area contributed by atoms with Gasteiger partial charge in [-0.3, -0.25) is 4.79 Å². The number of ketones is 1. The SMILES string of the molecule is CC1(C)O[C@H]2O[C@@H]3CO[C@@H]4[C@H]5OC(C)(C)O[C@H]5O[C@@H]4CO[C@@H]4[C@H]5OC(C)(C)O[C@H]5O[C@@H]4CC(=O)CC(O)CO[C@@H]3[C@H]2O1. The summed E-state index contributed by atoms with van der Waals surface area (Å²) in [5.41, 5.74) is 0. The van der Waals surface area contributed by atoms with Gasteiger partial charge in [-0.1, -0.05) is 0 Å². The highest BCUT2D eigenvalue weighted by Gasteiger charge is 2.60. The molecule has 0 aromatic heterocycles. The Bertz CT molecular complexity index is 1030. The van der Waals surface area contributed by atoms with Crippen LogP contribution in [-0.4, -0.2) is 128 Å². The van der Waals surface area contributed by atoms with Gasteiger partial charge < -0.3 is 61.9 Å². The van der Waals surface area contributed by atoms with Gasteiger partial charge in [-0.25, -0.2) is 0 Å². The van der Waals surface area contributed by atoms with Crippen LogP contribution >= 0.6 is 0 Å². The average Bonchev–Trinajstić information content (AvgIpc) is 3.64. The van der Waals surface area contributed by atoms with E-state index in [1.54, 1.807) is 27.7 Å². The van der Waals surface area contributed by atoms with Crippen molar-refractivity contribution < 1.29 is 66.7 Å². The molecule has 1 N–H and O–H groups in total. The summed E-state index contributed by atoms with van der Waals surface area (Å²) >= 11 is 0. The third kappa shape index (κ3) is 5.68. The lowest BCUT2D eigenvalue weighted by Crippen LogP contribution is -2.46. The second-order valence-corrected chi connectivity index (χ2v) is 13.4. The van der Waals surface area contributed by atoms with Crippen LogP contribution in [0.3, 0.4) is 0 Å². The molecular formula is C28H42O14. The van der Waals surface area contributed by atoms with Crippen LogP contribution in [-0.2, 0) is 61.6 Å². The zero-order valence-electron chi connectivity index (χ0n) is 24.8. The van der Waals surface area contributed by atoms with E-state index in [9.17, 15) is 9.90 Å². The number of hydrogen-bond donors (Lipinski definition) is 1. The summed E-state index contributed by atoms with van der Waals surface area (Å²) in [6, 6.07) is 0. The molecule has 7 saturated heterocycles. The predicted molar refractivity (Wildman–Crippen MR) is 136 cm³/mol. The highest BCUT2D eigenvalue weighted by atomic mass is 16.9. The maximum absolute atomic E-state index is 13.1. The largest absolute Gasteiger partial charge is 0.390 e. The van der Waals surface area contributed by atoms with E-state index in [0.717, 1.165) is 0 Å². The van der Waals surface area contributed by atoms with Crippen LogP contribution in [0.4, 0.5) is 0 Å². The molecule has 1 unspecified atom stereocenters. The normalized spacial score (nSPS) is 51.4. The zero-order chi connectivity index (χ0) is 29.6. The summed E-state index contributed by atoms with van der Waals surface area (Å²) < 4.78 is 73.7. The molecule has 0 spiro atoms. The van der Waals surface area contributed by atoms with Crippen molar-refractivity contribution >= 4 is 5.78 Å². The lowest BCUT2D eigenvalue weighted by Gasteiger charge is -2.31. The topological polar surface area (TPSA) is 148 Å². The minimum Gasteiger partial charge on any atom is -0.390 e.